The molecule has 1 atom stereocenters. The fourth-order valence-corrected chi connectivity index (χ4v) is 4.60. The Balaban J connectivity index is 1.45. The van der Waals surface area contributed by atoms with Crippen molar-refractivity contribution in [2.45, 2.75) is 43.5 Å². The lowest BCUT2D eigenvalue weighted by Crippen LogP contribution is -2.32. The van der Waals surface area contributed by atoms with Crippen LogP contribution in [0.2, 0.25) is 0 Å². The molecule has 22 heavy (non-hydrogen) atoms. The Hall–Kier alpha value is -0.750. The van der Waals surface area contributed by atoms with Gasteiger partial charge in [0.2, 0.25) is 5.91 Å². The predicted molar refractivity (Wildman–Crippen MR) is 92.3 cm³/mol. The van der Waals surface area contributed by atoms with Crippen LogP contribution in [0.25, 0.3) is 0 Å². The minimum atomic E-state index is 0.0825. The molecule has 0 radical (unpaired) electrons. The van der Waals surface area contributed by atoms with Gasteiger partial charge in [-0.2, -0.15) is 0 Å². The molecule has 3 rings (SSSR count). The number of hydrogen-bond acceptors (Lipinski definition) is 4. The molecule has 1 saturated heterocycles. The molecule has 1 unspecified atom stereocenters. The molecule has 1 aromatic rings. The quantitative estimate of drug-likeness (QED) is 0.778. The number of halogens is 1. The van der Waals surface area contributed by atoms with E-state index in [9.17, 15) is 4.79 Å². The molecule has 1 aliphatic heterocycles. The number of carbonyl (C=O) groups is 1. The second-order valence-electron chi connectivity index (χ2n) is 5.89. The number of likely N-dealkylation sites (tertiary alicyclic amines) is 1. The lowest BCUT2D eigenvalue weighted by Gasteiger charge is -2.18. The maximum atomic E-state index is 12.3. The second kappa shape index (κ2) is 7.68. The highest BCUT2D eigenvalue weighted by Gasteiger charge is 2.28. The summed E-state index contributed by atoms with van der Waals surface area (Å²) in [5.74, 6) is 1.68. The summed E-state index contributed by atoms with van der Waals surface area (Å²) in [4.78, 5) is 18.3. The van der Waals surface area contributed by atoms with Crippen molar-refractivity contribution in [1.29, 1.82) is 0 Å². The molecule has 1 aromatic heterocycles. The molecular formula is C16H21BrN2O2S. The van der Waals surface area contributed by atoms with Crippen molar-refractivity contribution in [2.75, 3.05) is 18.8 Å². The molecule has 4 nitrogen and oxygen atoms in total. The van der Waals surface area contributed by atoms with Gasteiger partial charge in [0.25, 0.3) is 0 Å². The number of ether oxygens (including phenoxy) is 1. The van der Waals surface area contributed by atoms with Gasteiger partial charge in [0.15, 0.2) is 0 Å². The van der Waals surface area contributed by atoms with Gasteiger partial charge < -0.3 is 9.64 Å². The van der Waals surface area contributed by atoms with Gasteiger partial charge in [0, 0.05) is 30.6 Å². The number of nitrogens with zero attached hydrogens (tertiary/aromatic N) is 2. The van der Waals surface area contributed by atoms with Crippen LogP contribution in [-0.2, 0) is 4.79 Å². The van der Waals surface area contributed by atoms with Gasteiger partial charge in [-0.1, -0.05) is 12.8 Å². The molecule has 2 aliphatic rings. The van der Waals surface area contributed by atoms with Crippen molar-refractivity contribution in [2.24, 2.45) is 0 Å². The number of amides is 1. The molecule has 0 aromatic carbocycles. The van der Waals surface area contributed by atoms with Crippen molar-refractivity contribution in [3.05, 3.63) is 22.9 Å². The first-order valence-corrected chi connectivity index (χ1v) is 9.72. The molecule has 1 amide bonds. The first-order chi connectivity index (χ1) is 10.7. The Morgan fingerprint density at radius 3 is 3.00 bits per heavy atom. The number of thioether (sulfide) groups is 1. The van der Waals surface area contributed by atoms with E-state index in [2.05, 4.69) is 20.9 Å². The molecule has 0 spiro atoms. The van der Waals surface area contributed by atoms with Gasteiger partial charge in [-0.15, -0.1) is 11.8 Å². The molecule has 2 heterocycles. The maximum absolute atomic E-state index is 12.3. The van der Waals surface area contributed by atoms with Crippen LogP contribution >= 0.6 is 27.7 Å². The molecule has 0 N–H and O–H groups in total. The first kappa shape index (κ1) is 16.1. The van der Waals surface area contributed by atoms with Crippen LogP contribution in [0.5, 0.6) is 5.75 Å². The summed E-state index contributed by atoms with van der Waals surface area (Å²) in [5.41, 5.74) is 0. The summed E-state index contributed by atoms with van der Waals surface area (Å²) < 4.78 is 6.83. The van der Waals surface area contributed by atoms with Crippen molar-refractivity contribution >= 4 is 33.6 Å². The molecule has 2 fully saturated rings. The van der Waals surface area contributed by atoms with E-state index in [1.807, 2.05) is 22.7 Å². The van der Waals surface area contributed by atoms with E-state index in [0.717, 1.165) is 23.2 Å². The van der Waals surface area contributed by atoms with E-state index in [0.29, 0.717) is 17.5 Å². The molecule has 0 bridgehead atoms. The van der Waals surface area contributed by atoms with Gasteiger partial charge in [-0.05, 0) is 34.8 Å². The van der Waals surface area contributed by atoms with E-state index >= 15 is 0 Å². The van der Waals surface area contributed by atoms with Crippen LogP contribution in [0.1, 0.15) is 32.1 Å². The predicted octanol–water partition coefficient (Wildman–Crippen LogP) is 3.50. The van der Waals surface area contributed by atoms with Gasteiger partial charge in [0.1, 0.15) is 11.9 Å². The van der Waals surface area contributed by atoms with Crippen LogP contribution in [0.4, 0.5) is 0 Å². The number of pyridine rings is 1. The Kier molecular flexibility index (Phi) is 5.63. The third kappa shape index (κ3) is 4.16. The van der Waals surface area contributed by atoms with E-state index in [4.69, 9.17) is 4.74 Å². The second-order valence-corrected chi connectivity index (χ2v) is 8.03. The smallest absolute Gasteiger partial charge is 0.232 e. The molecule has 6 heteroatoms. The zero-order valence-electron chi connectivity index (χ0n) is 12.5. The summed E-state index contributed by atoms with van der Waals surface area (Å²) in [7, 11) is 0. The highest BCUT2D eigenvalue weighted by molar-refractivity contribution is 9.10. The van der Waals surface area contributed by atoms with Crippen molar-refractivity contribution in [1.82, 2.24) is 9.88 Å². The molecule has 1 aliphatic carbocycles. The number of hydrogen-bond donors (Lipinski definition) is 0. The normalized spacial score (nSPS) is 22.2. The SMILES string of the molecule is O=C(CSC1CCCC1)N1CCC(Oc2ccncc2Br)C1. The van der Waals surface area contributed by atoms with Crippen LogP contribution in [0, 0.1) is 0 Å². The van der Waals surface area contributed by atoms with Gasteiger partial charge >= 0.3 is 0 Å². The molecule has 1 saturated carbocycles. The molecular weight excluding hydrogens is 364 g/mol. The van der Waals surface area contributed by atoms with Crippen molar-refractivity contribution in [3.63, 3.8) is 0 Å². The zero-order chi connectivity index (χ0) is 15.4. The fourth-order valence-electron chi connectivity index (χ4n) is 3.02. The largest absolute Gasteiger partial charge is 0.487 e. The third-order valence-electron chi connectivity index (χ3n) is 4.27. The Labute approximate surface area is 144 Å². The third-order valence-corrected chi connectivity index (χ3v) is 6.22. The highest BCUT2D eigenvalue weighted by atomic mass is 79.9. The summed E-state index contributed by atoms with van der Waals surface area (Å²) in [5, 5.41) is 0.700. The summed E-state index contributed by atoms with van der Waals surface area (Å²) in [6.07, 6.45) is 9.63. The monoisotopic (exact) mass is 384 g/mol. The van der Waals surface area contributed by atoms with Crippen molar-refractivity contribution in [3.8, 4) is 5.75 Å². The first-order valence-electron chi connectivity index (χ1n) is 7.88. The van der Waals surface area contributed by atoms with Crippen LogP contribution in [-0.4, -0.2) is 46.0 Å². The van der Waals surface area contributed by atoms with Gasteiger partial charge in [-0.25, -0.2) is 0 Å². The Morgan fingerprint density at radius 2 is 2.23 bits per heavy atom. The van der Waals surface area contributed by atoms with E-state index < -0.39 is 0 Å². The van der Waals surface area contributed by atoms with Crippen LogP contribution in [0.3, 0.4) is 0 Å². The lowest BCUT2D eigenvalue weighted by molar-refractivity contribution is -0.127. The summed E-state index contributed by atoms with van der Waals surface area (Å²) in [6, 6.07) is 1.85. The van der Waals surface area contributed by atoms with E-state index in [1.54, 1.807) is 12.4 Å². The molecule has 120 valence electrons. The van der Waals surface area contributed by atoms with E-state index in [-0.39, 0.29) is 12.0 Å². The Bertz CT molecular complexity index is 523. The minimum absolute atomic E-state index is 0.0825. The van der Waals surface area contributed by atoms with E-state index in [1.165, 1.54) is 25.7 Å². The fraction of sp³-hybridized carbons (Fsp3) is 0.625. The number of carbonyl (C=O) groups excluding carboxylic acids is 1. The van der Waals surface area contributed by atoms with Crippen molar-refractivity contribution < 1.29 is 9.53 Å². The number of rotatable bonds is 5. The van der Waals surface area contributed by atoms with Crippen LogP contribution in [0.15, 0.2) is 22.9 Å². The summed E-state index contributed by atoms with van der Waals surface area (Å²) >= 11 is 5.28. The highest BCUT2D eigenvalue weighted by Crippen LogP contribution is 2.30. The maximum Gasteiger partial charge on any atom is 0.232 e. The lowest BCUT2D eigenvalue weighted by atomic mass is 10.3. The number of aromatic nitrogens is 1. The minimum Gasteiger partial charge on any atom is -0.487 e. The van der Waals surface area contributed by atoms with Gasteiger partial charge in [0.05, 0.1) is 16.8 Å². The Morgan fingerprint density at radius 1 is 1.41 bits per heavy atom. The average Bonchev–Trinajstić information content (AvgIpc) is 3.19. The standard InChI is InChI=1S/C16H21BrN2O2S/c17-14-9-18-7-5-15(14)21-12-6-8-19(10-12)16(20)11-22-13-3-1-2-4-13/h5,7,9,12-13H,1-4,6,8,10-11H2. The average molecular weight is 385 g/mol. The topological polar surface area (TPSA) is 42.4 Å². The van der Waals surface area contributed by atoms with Crippen LogP contribution < -0.4 is 4.74 Å². The van der Waals surface area contributed by atoms with Gasteiger partial charge in [-0.3, -0.25) is 9.78 Å². The summed E-state index contributed by atoms with van der Waals surface area (Å²) in [6.45, 7) is 1.50. The zero-order valence-corrected chi connectivity index (χ0v) is 14.9.